The number of amides is 2. The first-order valence-electron chi connectivity index (χ1n) is 8.71. The van der Waals surface area contributed by atoms with Crippen molar-refractivity contribution in [1.29, 1.82) is 0 Å². The number of carbonyl (C=O) groups is 2. The van der Waals surface area contributed by atoms with Gasteiger partial charge in [0.25, 0.3) is 11.8 Å². The molecule has 2 rings (SSSR count). The summed E-state index contributed by atoms with van der Waals surface area (Å²) in [5, 5.41) is 4.16. The summed E-state index contributed by atoms with van der Waals surface area (Å²) in [6.45, 7) is 3.89. The predicted molar refractivity (Wildman–Crippen MR) is 99.8 cm³/mol. The summed E-state index contributed by atoms with van der Waals surface area (Å²) in [4.78, 5) is 24.4. The Labute approximate surface area is 165 Å². The Morgan fingerprint density at radius 1 is 1.03 bits per heavy atom. The number of halogens is 4. The van der Waals surface area contributed by atoms with Gasteiger partial charge in [-0.15, -0.1) is 0 Å². The zero-order chi connectivity index (χ0) is 21.8. The molecule has 0 fully saturated rings. The lowest BCUT2D eigenvalue weighted by molar-refractivity contribution is -0.123. The molecule has 2 aromatic rings. The molecule has 0 unspecified atom stereocenters. The van der Waals surface area contributed by atoms with E-state index in [1.54, 1.807) is 24.4 Å². The normalized spacial score (nSPS) is 11.1. The van der Waals surface area contributed by atoms with E-state index in [0.29, 0.717) is 12.4 Å². The van der Waals surface area contributed by atoms with Gasteiger partial charge < -0.3 is 15.4 Å². The number of hydrogen-bond donors (Lipinski definition) is 2. The van der Waals surface area contributed by atoms with Gasteiger partial charge >= 0.3 is 6.18 Å². The van der Waals surface area contributed by atoms with E-state index >= 15 is 0 Å². The average molecular weight is 412 g/mol. The van der Waals surface area contributed by atoms with Gasteiger partial charge in [-0.1, -0.05) is 0 Å². The van der Waals surface area contributed by atoms with E-state index < -0.39 is 30.4 Å². The number of anilines is 1. The van der Waals surface area contributed by atoms with Gasteiger partial charge in [-0.3, -0.25) is 9.59 Å². The number of nitrogens with one attached hydrogen (secondary N) is 2. The fourth-order valence-electron chi connectivity index (χ4n) is 2.52. The molecule has 2 N–H and O–H groups in total. The van der Waals surface area contributed by atoms with E-state index in [1.165, 1.54) is 13.0 Å². The van der Waals surface area contributed by atoms with Crippen molar-refractivity contribution in [2.24, 2.45) is 0 Å². The van der Waals surface area contributed by atoms with Crippen LogP contribution in [0.15, 0.2) is 30.3 Å². The standard InChI is InChI=1S/C20H20F4N2O3/c1-4-29-17-6-5-13(7-11(17)2)19(28)26-16-9-14(8-15(21)12(16)3)18(27)25-10-20(22,23)24/h5-9H,4,10H2,1-3H3,(H,25,27)(H,26,28). The quantitative estimate of drug-likeness (QED) is 0.692. The van der Waals surface area contributed by atoms with Crippen molar-refractivity contribution >= 4 is 17.5 Å². The SMILES string of the molecule is CCOc1ccc(C(=O)Nc2cc(C(=O)NCC(F)(F)F)cc(F)c2C)cc1C. The molecule has 0 aromatic heterocycles. The van der Waals surface area contributed by atoms with Crippen LogP contribution in [0.5, 0.6) is 5.75 Å². The lowest BCUT2D eigenvalue weighted by Crippen LogP contribution is -2.33. The largest absolute Gasteiger partial charge is 0.494 e. The highest BCUT2D eigenvalue weighted by molar-refractivity contribution is 6.05. The maximum Gasteiger partial charge on any atom is 0.405 e. The minimum Gasteiger partial charge on any atom is -0.494 e. The third-order valence-electron chi connectivity index (χ3n) is 4.04. The third kappa shape index (κ3) is 5.94. The highest BCUT2D eigenvalue weighted by Gasteiger charge is 2.28. The lowest BCUT2D eigenvalue weighted by atomic mass is 10.1. The number of aryl methyl sites for hydroxylation is 1. The molecule has 2 aromatic carbocycles. The van der Waals surface area contributed by atoms with Gasteiger partial charge in [0.15, 0.2) is 0 Å². The second-order valence-corrected chi connectivity index (χ2v) is 6.30. The zero-order valence-electron chi connectivity index (χ0n) is 16.0. The summed E-state index contributed by atoms with van der Waals surface area (Å²) in [6.07, 6.45) is -4.60. The number of rotatable bonds is 6. The van der Waals surface area contributed by atoms with Gasteiger partial charge in [-0.2, -0.15) is 13.2 Å². The van der Waals surface area contributed by atoms with Crippen LogP contribution >= 0.6 is 0 Å². The van der Waals surface area contributed by atoms with Crippen LogP contribution in [0.3, 0.4) is 0 Å². The van der Waals surface area contributed by atoms with Gasteiger partial charge in [-0.05, 0) is 56.7 Å². The monoisotopic (exact) mass is 412 g/mol. The zero-order valence-corrected chi connectivity index (χ0v) is 16.0. The van der Waals surface area contributed by atoms with Crippen LogP contribution in [0.4, 0.5) is 23.2 Å². The molecule has 29 heavy (non-hydrogen) atoms. The van der Waals surface area contributed by atoms with Crippen molar-refractivity contribution in [3.05, 3.63) is 58.4 Å². The number of alkyl halides is 3. The van der Waals surface area contributed by atoms with E-state index in [-0.39, 0.29) is 22.4 Å². The topological polar surface area (TPSA) is 67.4 Å². The van der Waals surface area contributed by atoms with Gasteiger partial charge in [0.2, 0.25) is 0 Å². The van der Waals surface area contributed by atoms with Crippen molar-refractivity contribution in [3.63, 3.8) is 0 Å². The van der Waals surface area contributed by atoms with E-state index in [2.05, 4.69) is 5.32 Å². The first-order valence-corrected chi connectivity index (χ1v) is 8.71. The minimum absolute atomic E-state index is 0.0151. The van der Waals surface area contributed by atoms with Crippen molar-refractivity contribution in [2.45, 2.75) is 26.9 Å². The highest BCUT2D eigenvalue weighted by atomic mass is 19.4. The van der Waals surface area contributed by atoms with E-state index in [0.717, 1.165) is 17.7 Å². The molecule has 0 atom stereocenters. The van der Waals surface area contributed by atoms with Crippen LogP contribution in [0.1, 0.15) is 38.8 Å². The molecular formula is C20H20F4N2O3. The summed E-state index contributed by atoms with van der Waals surface area (Å²) < 4.78 is 56.4. The molecule has 0 aliphatic heterocycles. The van der Waals surface area contributed by atoms with E-state index in [4.69, 9.17) is 4.74 Å². The summed E-state index contributed by atoms with van der Waals surface area (Å²) in [6, 6.07) is 6.69. The predicted octanol–water partition coefficient (Wildman–Crippen LogP) is 4.39. The van der Waals surface area contributed by atoms with E-state index in [1.807, 2.05) is 6.92 Å². The van der Waals surface area contributed by atoms with E-state index in [9.17, 15) is 27.2 Å². The number of carbonyl (C=O) groups excluding carboxylic acids is 2. The van der Waals surface area contributed by atoms with Crippen molar-refractivity contribution in [1.82, 2.24) is 5.32 Å². The Bertz CT molecular complexity index is 927. The smallest absolute Gasteiger partial charge is 0.405 e. The maximum atomic E-state index is 14.2. The van der Waals surface area contributed by atoms with Gasteiger partial charge in [0, 0.05) is 22.4 Å². The Morgan fingerprint density at radius 2 is 1.72 bits per heavy atom. The Kier molecular flexibility index (Phi) is 6.84. The van der Waals surface area contributed by atoms with Gasteiger partial charge in [0.1, 0.15) is 18.1 Å². The van der Waals surface area contributed by atoms with Crippen LogP contribution in [0.25, 0.3) is 0 Å². The van der Waals surface area contributed by atoms with Gasteiger partial charge in [0.05, 0.1) is 6.61 Å². The lowest BCUT2D eigenvalue weighted by Gasteiger charge is -2.14. The summed E-state index contributed by atoms with van der Waals surface area (Å²) >= 11 is 0. The Balaban J connectivity index is 2.23. The maximum absolute atomic E-state index is 14.2. The molecule has 0 radical (unpaired) electrons. The fraction of sp³-hybridized carbons (Fsp3) is 0.300. The van der Waals surface area contributed by atoms with Gasteiger partial charge in [-0.25, -0.2) is 4.39 Å². The molecule has 156 valence electrons. The average Bonchev–Trinajstić information content (AvgIpc) is 2.64. The third-order valence-corrected chi connectivity index (χ3v) is 4.04. The molecule has 5 nitrogen and oxygen atoms in total. The van der Waals surface area contributed by atoms with Crippen LogP contribution in [0, 0.1) is 19.7 Å². The van der Waals surface area contributed by atoms with Crippen LogP contribution in [-0.2, 0) is 0 Å². The highest BCUT2D eigenvalue weighted by Crippen LogP contribution is 2.24. The molecule has 0 heterocycles. The first-order chi connectivity index (χ1) is 13.5. The molecule has 2 amide bonds. The molecule has 0 aliphatic rings. The van der Waals surface area contributed by atoms with Crippen molar-refractivity contribution < 1.29 is 31.9 Å². The number of ether oxygens (including phenoxy) is 1. The second kappa shape index (κ2) is 8.93. The minimum atomic E-state index is -4.60. The van der Waals surface area contributed by atoms with Crippen molar-refractivity contribution in [2.75, 3.05) is 18.5 Å². The summed E-state index contributed by atoms with van der Waals surface area (Å²) in [7, 11) is 0. The molecule has 0 saturated heterocycles. The number of hydrogen-bond acceptors (Lipinski definition) is 3. The fourth-order valence-corrected chi connectivity index (χ4v) is 2.52. The van der Waals surface area contributed by atoms with Crippen LogP contribution in [-0.4, -0.2) is 31.1 Å². The summed E-state index contributed by atoms with van der Waals surface area (Å²) in [5.74, 6) is -1.88. The molecule has 0 spiro atoms. The Hall–Kier alpha value is -3.10. The summed E-state index contributed by atoms with van der Waals surface area (Å²) in [5.41, 5.74) is 0.697. The molecule has 9 heteroatoms. The van der Waals surface area contributed by atoms with Crippen LogP contribution in [0.2, 0.25) is 0 Å². The molecule has 0 saturated carbocycles. The van der Waals surface area contributed by atoms with Crippen LogP contribution < -0.4 is 15.4 Å². The molecule has 0 aliphatic carbocycles. The molecular weight excluding hydrogens is 392 g/mol. The number of benzene rings is 2. The second-order valence-electron chi connectivity index (χ2n) is 6.30. The first kappa shape index (κ1) is 22.2. The Morgan fingerprint density at radius 3 is 2.31 bits per heavy atom. The molecule has 0 bridgehead atoms. The van der Waals surface area contributed by atoms with Crippen molar-refractivity contribution in [3.8, 4) is 5.75 Å².